The zero-order chi connectivity index (χ0) is 19.7. The topological polar surface area (TPSA) is 49.8 Å². The molecule has 1 N–H and O–H groups in total. The molecule has 3 rings (SSSR count). The minimum atomic E-state index is -4.54. The van der Waals surface area contributed by atoms with Gasteiger partial charge in [-0.3, -0.25) is 4.79 Å². The van der Waals surface area contributed by atoms with Gasteiger partial charge in [0.05, 0.1) is 11.0 Å². The monoisotopic (exact) mass is 379 g/mol. The van der Waals surface area contributed by atoms with E-state index in [9.17, 15) is 23.1 Å². The molecule has 1 aliphatic heterocycles. The van der Waals surface area contributed by atoms with Gasteiger partial charge < -0.3 is 14.7 Å². The molecule has 2 aromatic rings. The van der Waals surface area contributed by atoms with Gasteiger partial charge in [0.25, 0.3) is 0 Å². The molecule has 0 unspecified atom stereocenters. The first-order chi connectivity index (χ1) is 12.7. The van der Waals surface area contributed by atoms with Gasteiger partial charge in [-0.25, -0.2) is 0 Å². The van der Waals surface area contributed by atoms with E-state index in [1.165, 1.54) is 30.3 Å². The Kier molecular flexibility index (Phi) is 5.15. The second kappa shape index (κ2) is 7.23. The van der Waals surface area contributed by atoms with Crippen molar-refractivity contribution in [2.24, 2.45) is 0 Å². The molecule has 144 valence electrons. The van der Waals surface area contributed by atoms with Crippen molar-refractivity contribution in [2.75, 3.05) is 20.1 Å². The lowest BCUT2D eigenvalue weighted by Crippen LogP contribution is -2.46. The van der Waals surface area contributed by atoms with Crippen LogP contribution in [0.1, 0.15) is 24.0 Å². The van der Waals surface area contributed by atoms with E-state index in [1.807, 2.05) is 7.05 Å². The van der Waals surface area contributed by atoms with E-state index in [4.69, 9.17) is 4.74 Å². The molecule has 7 heteroatoms. The third-order valence-corrected chi connectivity index (χ3v) is 5.06. The molecule has 1 heterocycles. The van der Waals surface area contributed by atoms with Crippen LogP contribution < -0.4 is 4.74 Å². The number of ether oxygens (including phenoxy) is 1. The van der Waals surface area contributed by atoms with E-state index in [-0.39, 0.29) is 11.5 Å². The van der Waals surface area contributed by atoms with Crippen LogP contribution in [0.4, 0.5) is 13.2 Å². The highest BCUT2D eigenvalue weighted by molar-refractivity contribution is 5.81. The highest BCUT2D eigenvalue weighted by Gasteiger charge is 2.42. The predicted octanol–water partition coefficient (Wildman–Crippen LogP) is 4.55. The average molecular weight is 379 g/mol. The van der Waals surface area contributed by atoms with Crippen LogP contribution >= 0.6 is 0 Å². The van der Waals surface area contributed by atoms with E-state index >= 15 is 0 Å². The number of carboxylic acids is 1. The van der Waals surface area contributed by atoms with Crippen LogP contribution in [0.15, 0.2) is 48.5 Å². The number of hydrogen-bond acceptors (Lipinski definition) is 3. The summed E-state index contributed by atoms with van der Waals surface area (Å²) in [4.78, 5) is 14.1. The molecule has 1 saturated heterocycles. The number of carboxylic acid groups (broad SMARTS) is 1. The molecule has 1 aliphatic rings. The van der Waals surface area contributed by atoms with E-state index in [0.29, 0.717) is 31.5 Å². The fourth-order valence-corrected chi connectivity index (χ4v) is 3.40. The van der Waals surface area contributed by atoms with Crippen molar-refractivity contribution in [3.8, 4) is 11.5 Å². The number of carbonyl (C=O) groups is 1. The Morgan fingerprint density at radius 3 is 2.41 bits per heavy atom. The summed E-state index contributed by atoms with van der Waals surface area (Å²) in [5, 5.41) is 9.85. The van der Waals surface area contributed by atoms with Crippen LogP contribution in [-0.4, -0.2) is 36.1 Å². The summed E-state index contributed by atoms with van der Waals surface area (Å²) in [6, 6.07) is 11.3. The van der Waals surface area contributed by atoms with Gasteiger partial charge in [-0.2, -0.15) is 13.2 Å². The Bertz CT molecular complexity index is 827. The van der Waals surface area contributed by atoms with Gasteiger partial charge in [-0.15, -0.1) is 0 Å². The van der Waals surface area contributed by atoms with Gasteiger partial charge in [0.2, 0.25) is 0 Å². The first kappa shape index (κ1) is 19.2. The molecule has 0 atom stereocenters. The van der Waals surface area contributed by atoms with E-state index in [0.717, 1.165) is 6.07 Å². The summed E-state index contributed by atoms with van der Waals surface area (Å²) in [7, 11) is 1.93. The van der Waals surface area contributed by atoms with Crippen molar-refractivity contribution in [1.82, 2.24) is 4.90 Å². The maximum Gasteiger partial charge on any atom is 0.419 e. The second-order valence-electron chi connectivity index (χ2n) is 6.81. The van der Waals surface area contributed by atoms with Crippen LogP contribution in [0.5, 0.6) is 11.5 Å². The summed E-state index contributed by atoms with van der Waals surface area (Å²) in [5.41, 5.74) is -1.39. The molecule has 0 amide bonds. The number of hydrogen-bond donors (Lipinski definition) is 1. The zero-order valence-electron chi connectivity index (χ0n) is 14.8. The van der Waals surface area contributed by atoms with Gasteiger partial charge >= 0.3 is 12.1 Å². The molecule has 0 saturated carbocycles. The summed E-state index contributed by atoms with van der Waals surface area (Å²) in [6.07, 6.45) is -3.67. The van der Waals surface area contributed by atoms with Crippen molar-refractivity contribution in [3.63, 3.8) is 0 Å². The van der Waals surface area contributed by atoms with E-state index in [1.54, 1.807) is 12.1 Å². The predicted molar refractivity (Wildman–Crippen MR) is 94.0 cm³/mol. The van der Waals surface area contributed by atoms with Crippen LogP contribution in [0.3, 0.4) is 0 Å². The van der Waals surface area contributed by atoms with Gasteiger partial charge in [-0.05, 0) is 62.8 Å². The molecule has 0 aromatic heterocycles. The first-order valence-corrected chi connectivity index (χ1v) is 8.59. The normalized spacial score (nSPS) is 17.5. The van der Waals surface area contributed by atoms with Crippen molar-refractivity contribution in [1.29, 1.82) is 0 Å². The maximum absolute atomic E-state index is 13.2. The highest BCUT2D eigenvalue weighted by atomic mass is 19.4. The number of nitrogens with zero attached hydrogens (tertiary/aromatic N) is 1. The Labute approximate surface area is 155 Å². The third kappa shape index (κ3) is 3.93. The average Bonchev–Trinajstić information content (AvgIpc) is 2.62. The number of benzene rings is 2. The minimum absolute atomic E-state index is 0.184. The molecule has 0 radical (unpaired) electrons. The van der Waals surface area contributed by atoms with E-state index in [2.05, 4.69) is 4.90 Å². The van der Waals surface area contributed by atoms with E-state index < -0.39 is 23.1 Å². The summed E-state index contributed by atoms with van der Waals surface area (Å²) in [6.45, 7) is 1.27. The number of halogens is 3. The Morgan fingerprint density at radius 1 is 1.11 bits per heavy atom. The lowest BCUT2D eigenvalue weighted by molar-refractivity contribution is -0.145. The summed E-state index contributed by atoms with van der Waals surface area (Å²) in [5.74, 6) is -1.05. The molecule has 0 spiro atoms. The lowest BCUT2D eigenvalue weighted by atomic mass is 9.73. The number of alkyl halides is 3. The molecule has 0 aliphatic carbocycles. The largest absolute Gasteiger partial charge is 0.481 e. The molecule has 1 fully saturated rings. The van der Waals surface area contributed by atoms with Crippen molar-refractivity contribution >= 4 is 5.97 Å². The quantitative estimate of drug-likeness (QED) is 0.847. The maximum atomic E-state index is 13.2. The lowest BCUT2D eigenvalue weighted by Gasteiger charge is -2.37. The zero-order valence-corrected chi connectivity index (χ0v) is 14.8. The van der Waals surface area contributed by atoms with Gasteiger partial charge in [0, 0.05) is 0 Å². The van der Waals surface area contributed by atoms with Gasteiger partial charge in [0.1, 0.15) is 11.5 Å². The fourth-order valence-electron chi connectivity index (χ4n) is 3.40. The smallest absolute Gasteiger partial charge is 0.419 e. The Balaban J connectivity index is 1.94. The number of rotatable bonds is 4. The van der Waals surface area contributed by atoms with Crippen LogP contribution in [0.2, 0.25) is 0 Å². The van der Waals surface area contributed by atoms with Crippen molar-refractivity contribution in [2.45, 2.75) is 24.4 Å². The standard InChI is InChI=1S/C20H20F3NO3/c1-24-11-9-19(10-12-24,18(25)26)14-5-4-6-15(13-14)27-17-8-3-2-7-16(17)20(21,22)23/h2-8,13H,9-12H2,1H3,(H,25,26). The fraction of sp³-hybridized carbons (Fsp3) is 0.350. The van der Waals surface area contributed by atoms with Crippen LogP contribution in [-0.2, 0) is 16.4 Å². The van der Waals surface area contributed by atoms with Gasteiger partial charge in [-0.1, -0.05) is 24.3 Å². The molecular weight excluding hydrogens is 359 g/mol. The molecular formula is C20H20F3NO3. The minimum Gasteiger partial charge on any atom is -0.481 e. The molecule has 27 heavy (non-hydrogen) atoms. The molecule has 2 aromatic carbocycles. The van der Waals surface area contributed by atoms with Crippen LogP contribution in [0, 0.1) is 0 Å². The first-order valence-electron chi connectivity index (χ1n) is 8.59. The summed E-state index contributed by atoms with van der Waals surface area (Å²) < 4.78 is 45.0. The number of likely N-dealkylation sites (tertiary alicyclic amines) is 1. The van der Waals surface area contributed by atoms with Crippen LogP contribution in [0.25, 0.3) is 0 Å². The Morgan fingerprint density at radius 2 is 1.78 bits per heavy atom. The van der Waals surface area contributed by atoms with Crippen molar-refractivity contribution in [3.05, 3.63) is 59.7 Å². The third-order valence-electron chi connectivity index (χ3n) is 5.06. The summed E-state index contributed by atoms with van der Waals surface area (Å²) >= 11 is 0. The SMILES string of the molecule is CN1CCC(C(=O)O)(c2cccc(Oc3ccccc3C(F)(F)F)c2)CC1. The Hall–Kier alpha value is -2.54. The highest BCUT2D eigenvalue weighted by Crippen LogP contribution is 2.40. The number of aliphatic carboxylic acids is 1. The second-order valence-corrected chi connectivity index (χ2v) is 6.81. The number of piperidine rings is 1. The molecule has 4 nitrogen and oxygen atoms in total. The van der Waals surface area contributed by atoms with Gasteiger partial charge in [0.15, 0.2) is 0 Å². The number of para-hydroxylation sites is 1. The van der Waals surface area contributed by atoms with Crippen molar-refractivity contribution < 1.29 is 27.8 Å². The molecule has 0 bridgehead atoms.